The van der Waals surface area contributed by atoms with Crippen molar-refractivity contribution in [3.05, 3.63) is 82.9 Å². The maximum Gasteiger partial charge on any atom is 0.257 e. The van der Waals surface area contributed by atoms with Crippen molar-refractivity contribution in [2.24, 2.45) is 5.73 Å². The van der Waals surface area contributed by atoms with E-state index in [1.54, 1.807) is 16.8 Å². The van der Waals surface area contributed by atoms with Gasteiger partial charge in [-0.1, -0.05) is 30.3 Å². The van der Waals surface area contributed by atoms with E-state index in [2.05, 4.69) is 17.2 Å². The van der Waals surface area contributed by atoms with Gasteiger partial charge in [-0.3, -0.25) is 4.79 Å². The molecule has 1 fully saturated rings. The van der Waals surface area contributed by atoms with Crippen molar-refractivity contribution in [2.75, 3.05) is 13.1 Å². The van der Waals surface area contributed by atoms with Gasteiger partial charge in [0.05, 0.1) is 22.6 Å². The zero-order valence-corrected chi connectivity index (χ0v) is 16.0. The van der Waals surface area contributed by atoms with Gasteiger partial charge in [0.2, 0.25) is 0 Å². The fourth-order valence-corrected chi connectivity index (χ4v) is 3.99. The number of nitrogens with zero attached hydrogens (tertiary/aromatic N) is 3. The molecule has 0 unspecified atom stereocenters. The van der Waals surface area contributed by atoms with Crippen LogP contribution in [-0.4, -0.2) is 39.7 Å². The topological polar surface area (TPSA) is 64.2 Å². The number of aryl methyl sites for hydroxylation is 1. The number of carbonyl (C=O) groups excluding carboxylic acids is 1. The quantitative estimate of drug-likeness (QED) is 0.761. The molecule has 5 nitrogen and oxygen atoms in total. The molecule has 144 valence electrons. The smallest absolute Gasteiger partial charge is 0.257 e. The van der Waals surface area contributed by atoms with E-state index in [0.717, 1.165) is 16.9 Å². The summed E-state index contributed by atoms with van der Waals surface area (Å²) >= 11 is 0. The minimum absolute atomic E-state index is 0.0581. The van der Waals surface area contributed by atoms with Crippen LogP contribution in [0, 0.1) is 19.7 Å². The summed E-state index contributed by atoms with van der Waals surface area (Å²) < 4.78 is 14.9. The molecule has 1 aliphatic heterocycles. The molecule has 2 N–H and O–H groups in total. The average Bonchev–Trinajstić information content (AvgIpc) is 3.22. The Hall–Kier alpha value is -2.99. The Morgan fingerprint density at radius 2 is 1.75 bits per heavy atom. The van der Waals surface area contributed by atoms with Crippen molar-refractivity contribution >= 4 is 5.91 Å². The first kappa shape index (κ1) is 18.4. The normalized spacial score (nSPS) is 19.2. The lowest BCUT2D eigenvalue weighted by atomic mass is 9.95. The molecule has 6 heteroatoms. The molecule has 2 atom stereocenters. The van der Waals surface area contributed by atoms with E-state index in [-0.39, 0.29) is 23.7 Å². The average molecular weight is 378 g/mol. The maximum absolute atomic E-state index is 13.3. The molecule has 0 aliphatic carbocycles. The zero-order chi connectivity index (χ0) is 19.8. The summed E-state index contributed by atoms with van der Waals surface area (Å²) in [6.07, 6.45) is 0. The summed E-state index contributed by atoms with van der Waals surface area (Å²) in [4.78, 5) is 15.1. The lowest BCUT2D eigenvalue weighted by Crippen LogP contribution is -2.32. The zero-order valence-electron chi connectivity index (χ0n) is 16.0. The van der Waals surface area contributed by atoms with Gasteiger partial charge in [0.1, 0.15) is 5.82 Å². The predicted octanol–water partition coefficient (Wildman–Crippen LogP) is 3.20. The predicted molar refractivity (Wildman–Crippen MR) is 106 cm³/mol. The molecule has 0 radical (unpaired) electrons. The maximum atomic E-state index is 13.3. The number of amides is 1. The van der Waals surface area contributed by atoms with Crippen molar-refractivity contribution in [2.45, 2.75) is 25.8 Å². The second-order valence-electron chi connectivity index (χ2n) is 7.33. The Morgan fingerprint density at radius 1 is 1.07 bits per heavy atom. The third-order valence-corrected chi connectivity index (χ3v) is 5.46. The Bertz CT molecular complexity index is 997. The second-order valence-corrected chi connectivity index (χ2v) is 7.33. The minimum Gasteiger partial charge on any atom is -0.336 e. The SMILES string of the molecule is Cc1nn(-c2ccc(F)cc2)c(C)c1C(=O)N1C[C@@H](N)[C@H](c2ccccc2)C1. The number of hydrogen-bond acceptors (Lipinski definition) is 3. The van der Waals surface area contributed by atoms with Crippen LogP contribution in [0.4, 0.5) is 4.39 Å². The first-order chi connectivity index (χ1) is 13.5. The van der Waals surface area contributed by atoms with Crippen LogP contribution in [0.25, 0.3) is 5.69 Å². The molecule has 1 aliphatic rings. The summed E-state index contributed by atoms with van der Waals surface area (Å²) in [6.45, 7) is 4.79. The van der Waals surface area contributed by atoms with Gasteiger partial charge in [-0.05, 0) is 43.7 Å². The molecule has 28 heavy (non-hydrogen) atoms. The fraction of sp³-hybridized carbons (Fsp3) is 0.273. The van der Waals surface area contributed by atoms with E-state index < -0.39 is 0 Å². The molecule has 0 spiro atoms. The van der Waals surface area contributed by atoms with E-state index in [1.165, 1.54) is 12.1 Å². The van der Waals surface area contributed by atoms with Crippen molar-refractivity contribution < 1.29 is 9.18 Å². The molecular weight excluding hydrogens is 355 g/mol. The van der Waals surface area contributed by atoms with E-state index in [9.17, 15) is 9.18 Å². The molecular formula is C22H23FN4O. The third kappa shape index (κ3) is 3.20. The van der Waals surface area contributed by atoms with Crippen molar-refractivity contribution in [1.82, 2.24) is 14.7 Å². The molecule has 1 amide bonds. The number of carbonyl (C=O) groups is 1. The van der Waals surface area contributed by atoms with Gasteiger partial charge >= 0.3 is 0 Å². The first-order valence-corrected chi connectivity index (χ1v) is 9.37. The summed E-state index contributed by atoms with van der Waals surface area (Å²) in [5.41, 5.74) is 10.2. The number of aromatic nitrogens is 2. The highest BCUT2D eigenvalue weighted by atomic mass is 19.1. The van der Waals surface area contributed by atoms with Crippen LogP contribution in [0.1, 0.15) is 33.2 Å². The van der Waals surface area contributed by atoms with Crippen LogP contribution in [0.2, 0.25) is 0 Å². The lowest BCUT2D eigenvalue weighted by molar-refractivity contribution is 0.0787. The van der Waals surface area contributed by atoms with E-state index in [1.807, 2.05) is 36.9 Å². The standard InChI is InChI=1S/C22H23FN4O/c1-14-21(15(2)27(25-14)18-10-8-17(23)9-11-18)22(28)26-12-19(20(24)13-26)16-6-4-3-5-7-16/h3-11,19-20H,12-13,24H2,1-2H3/t19-,20+/m0/s1. The highest BCUT2D eigenvalue weighted by Crippen LogP contribution is 2.29. The van der Waals surface area contributed by atoms with Crippen LogP contribution in [-0.2, 0) is 0 Å². The van der Waals surface area contributed by atoms with Gasteiger partial charge in [0.25, 0.3) is 5.91 Å². The number of hydrogen-bond donors (Lipinski definition) is 1. The van der Waals surface area contributed by atoms with Crippen LogP contribution < -0.4 is 5.73 Å². The number of nitrogens with two attached hydrogens (primary N) is 1. The van der Waals surface area contributed by atoms with E-state index >= 15 is 0 Å². The Balaban J connectivity index is 1.61. The van der Waals surface area contributed by atoms with Gasteiger partial charge < -0.3 is 10.6 Å². The molecule has 4 rings (SSSR count). The van der Waals surface area contributed by atoms with Crippen LogP contribution >= 0.6 is 0 Å². The van der Waals surface area contributed by atoms with Crippen molar-refractivity contribution in [1.29, 1.82) is 0 Å². The highest BCUT2D eigenvalue weighted by molar-refractivity contribution is 5.97. The molecule has 3 aromatic rings. The van der Waals surface area contributed by atoms with Gasteiger partial charge in [-0.2, -0.15) is 5.10 Å². The monoisotopic (exact) mass is 378 g/mol. The Labute approximate surface area is 163 Å². The Kier molecular flexibility index (Phi) is 4.73. The molecule has 1 saturated heterocycles. The number of likely N-dealkylation sites (tertiary alicyclic amines) is 1. The largest absolute Gasteiger partial charge is 0.336 e. The lowest BCUT2D eigenvalue weighted by Gasteiger charge is -2.17. The van der Waals surface area contributed by atoms with Crippen LogP contribution in [0.15, 0.2) is 54.6 Å². The van der Waals surface area contributed by atoms with Gasteiger partial charge in [0.15, 0.2) is 0 Å². The molecule has 0 saturated carbocycles. The van der Waals surface area contributed by atoms with Gasteiger partial charge in [0, 0.05) is 25.0 Å². The number of halogens is 1. The summed E-state index contributed by atoms with van der Waals surface area (Å²) in [7, 11) is 0. The Morgan fingerprint density at radius 3 is 2.43 bits per heavy atom. The number of benzene rings is 2. The minimum atomic E-state index is -0.306. The molecule has 2 heterocycles. The van der Waals surface area contributed by atoms with Crippen molar-refractivity contribution in [3.63, 3.8) is 0 Å². The molecule has 2 aromatic carbocycles. The van der Waals surface area contributed by atoms with E-state index in [0.29, 0.717) is 24.3 Å². The summed E-state index contributed by atoms with van der Waals surface area (Å²) in [5.74, 6) is -0.241. The highest BCUT2D eigenvalue weighted by Gasteiger charge is 2.36. The first-order valence-electron chi connectivity index (χ1n) is 9.37. The van der Waals surface area contributed by atoms with Crippen LogP contribution in [0.5, 0.6) is 0 Å². The third-order valence-electron chi connectivity index (χ3n) is 5.46. The summed E-state index contributed by atoms with van der Waals surface area (Å²) in [5, 5.41) is 4.51. The number of rotatable bonds is 3. The molecule has 0 bridgehead atoms. The molecule has 1 aromatic heterocycles. The van der Waals surface area contributed by atoms with Crippen LogP contribution in [0.3, 0.4) is 0 Å². The van der Waals surface area contributed by atoms with Gasteiger partial charge in [-0.25, -0.2) is 9.07 Å². The van der Waals surface area contributed by atoms with Gasteiger partial charge in [-0.15, -0.1) is 0 Å². The fourth-order valence-electron chi connectivity index (χ4n) is 3.99. The summed E-state index contributed by atoms with van der Waals surface area (Å²) in [6, 6.07) is 16.1. The van der Waals surface area contributed by atoms with E-state index in [4.69, 9.17) is 5.73 Å². The second kappa shape index (κ2) is 7.20. The van der Waals surface area contributed by atoms with Crippen molar-refractivity contribution in [3.8, 4) is 5.69 Å².